The van der Waals surface area contributed by atoms with Crippen LogP contribution >= 0.6 is 0 Å². The van der Waals surface area contributed by atoms with Crippen LogP contribution in [0.3, 0.4) is 0 Å². The van der Waals surface area contributed by atoms with Crippen molar-refractivity contribution in [1.82, 2.24) is 15.1 Å². The first-order valence-corrected chi connectivity index (χ1v) is 15.6. The van der Waals surface area contributed by atoms with Crippen molar-refractivity contribution in [2.24, 2.45) is 0 Å². The number of piperidine rings is 2. The molecule has 3 nitrogen and oxygen atoms in total. The second-order valence-electron chi connectivity index (χ2n) is 11.6. The van der Waals surface area contributed by atoms with E-state index in [1.165, 1.54) is 147 Å². The van der Waals surface area contributed by atoms with E-state index in [1.54, 1.807) is 0 Å². The Bertz CT molecular complexity index is 602. The number of likely N-dealkylation sites (tertiary alicyclic amines) is 2. The van der Waals surface area contributed by atoms with Crippen LogP contribution in [0, 0.1) is 0 Å². The van der Waals surface area contributed by atoms with Crippen molar-refractivity contribution >= 4 is 0 Å². The summed E-state index contributed by atoms with van der Waals surface area (Å²) in [5, 5.41) is 4.03. The van der Waals surface area contributed by atoms with E-state index in [9.17, 15) is 0 Å². The summed E-state index contributed by atoms with van der Waals surface area (Å²) in [6.45, 7) is 9.85. The zero-order valence-corrected chi connectivity index (χ0v) is 23.2. The molecule has 0 radical (unpaired) electrons. The topological polar surface area (TPSA) is 18.5 Å². The number of nitrogens with one attached hydrogen (secondary N) is 1. The van der Waals surface area contributed by atoms with Crippen molar-refractivity contribution in [2.75, 3.05) is 32.7 Å². The Morgan fingerprint density at radius 1 is 0.600 bits per heavy atom. The van der Waals surface area contributed by atoms with Crippen LogP contribution in [0.15, 0.2) is 30.3 Å². The predicted molar refractivity (Wildman–Crippen MR) is 153 cm³/mol. The molecule has 2 fully saturated rings. The number of hydrogen-bond donors (Lipinski definition) is 1. The Morgan fingerprint density at radius 2 is 1.06 bits per heavy atom. The van der Waals surface area contributed by atoms with Crippen LogP contribution in [0.5, 0.6) is 0 Å². The molecule has 0 bridgehead atoms. The molecular weight excluding hydrogens is 426 g/mol. The lowest BCUT2D eigenvalue weighted by molar-refractivity contribution is 0.155. The van der Waals surface area contributed by atoms with E-state index >= 15 is 0 Å². The van der Waals surface area contributed by atoms with Gasteiger partial charge < -0.3 is 10.2 Å². The van der Waals surface area contributed by atoms with Gasteiger partial charge in [0.05, 0.1) is 0 Å². The molecule has 3 heteroatoms. The molecule has 0 saturated carbocycles. The first-order valence-electron chi connectivity index (χ1n) is 15.6. The van der Waals surface area contributed by atoms with Crippen molar-refractivity contribution in [1.29, 1.82) is 0 Å². The van der Waals surface area contributed by atoms with Gasteiger partial charge in [-0.2, -0.15) is 0 Å². The summed E-state index contributed by atoms with van der Waals surface area (Å²) in [6, 6.07) is 12.4. The van der Waals surface area contributed by atoms with Crippen molar-refractivity contribution in [3.63, 3.8) is 0 Å². The van der Waals surface area contributed by atoms with E-state index in [4.69, 9.17) is 0 Å². The summed E-state index contributed by atoms with van der Waals surface area (Å²) in [5.41, 5.74) is 1.45. The highest BCUT2D eigenvalue weighted by atomic mass is 15.2. The highest BCUT2D eigenvalue weighted by molar-refractivity contribution is 5.14. The summed E-state index contributed by atoms with van der Waals surface area (Å²) in [5.74, 6) is 0. The van der Waals surface area contributed by atoms with Crippen LogP contribution in [-0.2, 0) is 6.54 Å². The largest absolute Gasteiger partial charge is 0.311 e. The monoisotopic (exact) mass is 483 g/mol. The molecule has 1 aromatic carbocycles. The molecule has 0 spiro atoms. The van der Waals surface area contributed by atoms with E-state index in [0.717, 1.165) is 18.6 Å². The zero-order valence-electron chi connectivity index (χ0n) is 23.2. The molecule has 2 aliphatic rings. The van der Waals surface area contributed by atoms with E-state index in [2.05, 4.69) is 52.4 Å². The maximum atomic E-state index is 4.03. The molecule has 1 N–H and O–H groups in total. The lowest BCUT2D eigenvalue weighted by Crippen LogP contribution is -2.49. The summed E-state index contributed by atoms with van der Waals surface area (Å²) in [6.07, 6.45) is 24.2. The average Bonchev–Trinajstić information content (AvgIpc) is 2.89. The predicted octanol–water partition coefficient (Wildman–Crippen LogP) is 7.80. The highest BCUT2D eigenvalue weighted by Crippen LogP contribution is 2.18. The van der Waals surface area contributed by atoms with Crippen molar-refractivity contribution in [3.05, 3.63) is 35.9 Å². The average molecular weight is 484 g/mol. The van der Waals surface area contributed by atoms with Crippen LogP contribution in [0.4, 0.5) is 0 Å². The summed E-state index contributed by atoms with van der Waals surface area (Å²) in [7, 11) is 0. The molecule has 0 aliphatic carbocycles. The van der Waals surface area contributed by atoms with Crippen LogP contribution < -0.4 is 5.32 Å². The van der Waals surface area contributed by atoms with E-state index in [-0.39, 0.29) is 0 Å². The number of benzene rings is 1. The standard InChI is InChI=1S/C32H57N3/c1-2-3-4-5-6-7-8-9-10-11-12-13-17-24-34-25-20-31(21-26-34)33-32-22-27-35(28-23-32)29-30-18-15-14-16-19-30/h14-16,18-19,31-33H,2-13,17,20-29H2,1H3. The Balaban J connectivity index is 1.10. The zero-order chi connectivity index (χ0) is 24.4. The van der Waals surface area contributed by atoms with Crippen molar-refractivity contribution in [2.45, 2.75) is 135 Å². The lowest BCUT2D eigenvalue weighted by atomic mass is 9.99. The van der Waals surface area contributed by atoms with E-state index in [0.29, 0.717) is 0 Å². The van der Waals surface area contributed by atoms with Gasteiger partial charge in [0.2, 0.25) is 0 Å². The maximum absolute atomic E-state index is 4.03. The molecule has 1 aromatic rings. The van der Waals surface area contributed by atoms with Crippen LogP contribution in [0.2, 0.25) is 0 Å². The number of nitrogens with zero attached hydrogens (tertiary/aromatic N) is 2. The fraction of sp³-hybridized carbons (Fsp3) is 0.812. The molecule has 200 valence electrons. The van der Waals surface area contributed by atoms with Crippen molar-refractivity contribution in [3.8, 4) is 0 Å². The van der Waals surface area contributed by atoms with E-state index < -0.39 is 0 Å². The Kier molecular flexibility index (Phi) is 15.0. The molecule has 2 aliphatic heterocycles. The van der Waals surface area contributed by atoms with E-state index in [1.807, 2.05) is 0 Å². The second kappa shape index (κ2) is 18.4. The number of unbranched alkanes of at least 4 members (excludes halogenated alkanes) is 12. The first kappa shape index (κ1) is 28.7. The molecule has 0 unspecified atom stereocenters. The minimum atomic E-state index is 0.736. The van der Waals surface area contributed by atoms with Gasteiger partial charge in [-0.25, -0.2) is 0 Å². The maximum Gasteiger partial charge on any atom is 0.0233 e. The fourth-order valence-electron chi connectivity index (χ4n) is 6.11. The highest BCUT2D eigenvalue weighted by Gasteiger charge is 2.24. The van der Waals surface area contributed by atoms with Crippen LogP contribution in [0.1, 0.15) is 122 Å². The smallest absolute Gasteiger partial charge is 0.0233 e. The third-order valence-electron chi connectivity index (χ3n) is 8.47. The van der Waals surface area contributed by atoms with Crippen molar-refractivity contribution < 1.29 is 0 Å². The SMILES string of the molecule is CCCCCCCCCCCCCCCN1CCC(NC2CCN(Cc3ccccc3)CC2)CC1. The molecule has 0 aromatic heterocycles. The number of rotatable bonds is 18. The first-order chi connectivity index (χ1) is 17.3. The van der Waals surface area contributed by atoms with Gasteiger partial charge in [0, 0.05) is 18.6 Å². The molecule has 0 amide bonds. The number of hydrogen-bond acceptors (Lipinski definition) is 3. The lowest BCUT2D eigenvalue weighted by Gasteiger charge is -2.38. The normalized spacial score (nSPS) is 18.9. The Hall–Kier alpha value is -0.900. The second-order valence-corrected chi connectivity index (χ2v) is 11.6. The third-order valence-corrected chi connectivity index (χ3v) is 8.47. The molecular formula is C32H57N3. The van der Waals surface area contributed by atoms with Gasteiger partial charge in [-0.3, -0.25) is 4.90 Å². The molecule has 0 atom stereocenters. The van der Waals surface area contributed by atoms with Gasteiger partial charge in [-0.05, 0) is 70.4 Å². The summed E-state index contributed by atoms with van der Waals surface area (Å²) in [4.78, 5) is 5.37. The minimum absolute atomic E-state index is 0.736. The van der Waals surface area contributed by atoms with Gasteiger partial charge in [0.25, 0.3) is 0 Å². The third kappa shape index (κ3) is 12.8. The van der Waals surface area contributed by atoms with Gasteiger partial charge in [0.1, 0.15) is 0 Å². The quantitative estimate of drug-likeness (QED) is 0.215. The van der Waals surface area contributed by atoms with Gasteiger partial charge in [-0.15, -0.1) is 0 Å². The Morgan fingerprint density at radius 3 is 1.57 bits per heavy atom. The fourth-order valence-corrected chi connectivity index (χ4v) is 6.11. The summed E-state index contributed by atoms with van der Waals surface area (Å²) >= 11 is 0. The van der Waals surface area contributed by atoms with Crippen LogP contribution in [0.25, 0.3) is 0 Å². The molecule has 2 heterocycles. The summed E-state index contributed by atoms with van der Waals surface area (Å²) < 4.78 is 0. The Labute approximate surface area is 218 Å². The molecule has 2 saturated heterocycles. The van der Waals surface area contributed by atoms with Gasteiger partial charge in [-0.1, -0.05) is 114 Å². The van der Waals surface area contributed by atoms with Gasteiger partial charge in [0.15, 0.2) is 0 Å². The molecule has 35 heavy (non-hydrogen) atoms. The van der Waals surface area contributed by atoms with Crippen LogP contribution in [-0.4, -0.2) is 54.6 Å². The van der Waals surface area contributed by atoms with Gasteiger partial charge >= 0.3 is 0 Å². The molecule has 3 rings (SSSR count). The minimum Gasteiger partial charge on any atom is -0.311 e.